The van der Waals surface area contributed by atoms with Crippen LogP contribution in [0.2, 0.25) is 0 Å². The Kier molecular flexibility index (Phi) is 8.60. The van der Waals surface area contributed by atoms with Gasteiger partial charge in [-0.3, -0.25) is 19.2 Å². The number of ketones is 1. The molecule has 0 radical (unpaired) electrons. The predicted molar refractivity (Wildman–Crippen MR) is 114 cm³/mol. The van der Waals surface area contributed by atoms with Crippen molar-refractivity contribution in [1.82, 2.24) is 15.5 Å². The molecule has 0 spiro atoms. The number of Topliss-reactive ketones (excluding diaryl/α,β-unsaturated/α-hetero) is 1. The molecule has 1 aliphatic carbocycles. The van der Waals surface area contributed by atoms with Crippen molar-refractivity contribution in [2.45, 2.75) is 82.8 Å². The first-order valence-electron chi connectivity index (χ1n) is 10.8. The van der Waals surface area contributed by atoms with E-state index in [0.717, 1.165) is 32.1 Å². The van der Waals surface area contributed by atoms with Gasteiger partial charge in [0.25, 0.3) is 0 Å². The number of nitrogens with zero attached hydrogens (tertiary/aromatic N) is 1. The second-order valence-corrected chi connectivity index (χ2v) is 8.67. The highest BCUT2D eigenvalue weighted by Gasteiger charge is 2.46. The van der Waals surface area contributed by atoms with Crippen LogP contribution in [0.5, 0.6) is 0 Å². The average molecular weight is 433 g/mol. The molecule has 0 aromatic heterocycles. The predicted octanol–water partition coefficient (Wildman–Crippen LogP) is 0.651. The van der Waals surface area contributed by atoms with E-state index >= 15 is 0 Å². The number of nitrogens with two attached hydrogens (primary N) is 1. The topological polar surface area (TPSA) is 139 Å². The summed E-state index contributed by atoms with van der Waals surface area (Å²) in [4.78, 5) is 62.3. The third kappa shape index (κ3) is 6.06. The van der Waals surface area contributed by atoms with Crippen molar-refractivity contribution in [2.24, 2.45) is 11.1 Å². The van der Waals surface area contributed by atoms with Crippen molar-refractivity contribution >= 4 is 29.9 Å². The highest BCUT2D eigenvalue weighted by Crippen LogP contribution is 2.40. The molecule has 0 aromatic carbocycles. The lowest BCUT2D eigenvalue weighted by molar-refractivity contribution is -0.143. The van der Waals surface area contributed by atoms with Crippen LogP contribution in [0.15, 0.2) is 0 Å². The molecule has 1 heterocycles. The summed E-state index contributed by atoms with van der Waals surface area (Å²) in [5.74, 6) is 0.773. The number of terminal acetylenes is 1. The summed E-state index contributed by atoms with van der Waals surface area (Å²) in [6.07, 6.45) is 11.3. The number of rotatable bonds is 9. The lowest BCUT2D eigenvalue weighted by atomic mass is 9.70. The van der Waals surface area contributed by atoms with Gasteiger partial charge in [0.15, 0.2) is 6.29 Å². The Labute approximate surface area is 182 Å². The van der Waals surface area contributed by atoms with E-state index in [0.29, 0.717) is 19.4 Å². The molecule has 31 heavy (non-hydrogen) atoms. The molecule has 4 N–H and O–H groups in total. The Morgan fingerprint density at radius 3 is 2.45 bits per heavy atom. The minimum Gasteiger partial charge on any atom is -0.352 e. The van der Waals surface area contributed by atoms with Gasteiger partial charge >= 0.3 is 6.03 Å². The smallest absolute Gasteiger partial charge is 0.312 e. The maximum absolute atomic E-state index is 13.5. The van der Waals surface area contributed by atoms with Crippen LogP contribution in [0.1, 0.15) is 64.7 Å². The number of hydrogen-bond donors (Lipinski definition) is 3. The Hall–Kier alpha value is -2.89. The standard InChI is InChI=1S/C22H32N4O5/c1-3-4-9-15(17(28)14-27)24-19(29)16-10-8-13-26(16)20(30)18(25-21(23)31)22(2)11-6-5-7-12-22/h1,14-16,18H,4-13H2,2H3,(H,24,29)(H3,23,25,31). The van der Waals surface area contributed by atoms with Gasteiger partial charge in [0, 0.05) is 13.0 Å². The molecular weight excluding hydrogens is 400 g/mol. The highest BCUT2D eigenvalue weighted by atomic mass is 16.2. The molecule has 3 atom stereocenters. The van der Waals surface area contributed by atoms with Gasteiger partial charge in [-0.1, -0.05) is 26.2 Å². The Morgan fingerprint density at radius 1 is 1.19 bits per heavy atom. The maximum Gasteiger partial charge on any atom is 0.312 e. The van der Waals surface area contributed by atoms with E-state index in [1.165, 1.54) is 4.90 Å². The van der Waals surface area contributed by atoms with Crippen LogP contribution in [0.25, 0.3) is 0 Å². The summed E-state index contributed by atoms with van der Waals surface area (Å²) in [6.45, 7) is 2.33. The Balaban J connectivity index is 2.18. The van der Waals surface area contributed by atoms with Gasteiger partial charge in [0.05, 0.1) is 6.04 Å². The van der Waals surface area contributed by atoms with Crippen molar-refractivity contribution in [1.29, 1.82) is 0 Å². The van der Waals surface area contributed by atoms with Crippen molar-refractivity contribution < 1.29 is 24.0 Å². The number of urea groups is 1. The third-order valence-electron chi connectivity index (χ3n) is 6.42. The normalized spacial score (nSPS) is 21.9. The number of carbonyl (C=O) groups excluding carboxylic acids is 5. The monoisotopic (exact) mass is 432 g/mol. The van der Waals surface area contributed by atoms with Crippen molar-refractivity contribution in [3.8, 4) is 12.3 Å². The summed E-state index contributed by atoms with van der Waals surface area (Å²) in [5.41, 5.74) is 4.92. The molecule has 2 rings (SSSR count). The Morgan fingerprint density at radius 2 is 1.87 bits per heavy atom. The molecule has 3 unspecified atom stereocenters. The van der Waals surface area contributed by atoms with E-state index in [1.807, 2.05) is 6.92 Å². The second-order valence-electron chi connectivity index (χ2n) is 8.67. The van der Waals surface area contributed by atoms with Crippen LogP contribution in [0.4, 0.5) is 4.79 Å². The zero-order valence-electron chi connectivity index (χ0n) is 18.0. The zero-order valence-corrected chi connectivity index (χ0v) is 18.0. The van der Waals surface area contributed by atoms with Crippen LogP contribution >= 0.6 is 0 Å². The van der Waals surface area contributed by atoms with Crippen LogP contribution in [-0.4, -0.2) is 59.5 Å². The van der Waals surface area contributed by atoms with E-state index in [-0.39, 0.29) is 25.0 Å². The number of aldehydes is 1. The van der Waals surface area contributed by atoms with Gasteiger partial charge in [0.2, 0.25) is 17.6 Å². The van der Waals surface area contributed by atoms with Crippen LogP contribution in [0, 0.1) is 17.8 Å². The summed E-state index contributed by atoms with van der Waals surface area (Å²) in [5, 5.41) is 5.19. The lowest BCUT2D eigenvalue weighted by Gasteiger charge is -2.42. The molecule has 0 aromatic rings. The fourth-order valence-corrected chi connectivity index (χ4v) is 4.66. The second kappa shape index (κ2) is 10.9. The van der Waals surface area contributed by atoms with E-state index in [2.05, 4.69) is 16.6 Å². The first kappa shape index (κ1) is 24.4. The Bertz CT molecular complexity index is 753. The van der Waals surface area contributed by atoms with Crippen molar-refractivity contribution in [3.05, 3.63) is 0 Å². The van der Waals surface area contributed by atoms with Crippen LogP contribution in [0.3, 0.4) is 0 Å². The number of nitrogens with one attached hydrogen (secondary N) is 2. The van der Waals surface area contributed by atoms with Crippen molar-refractivity contribution in [3.63, 3.8) is 0 Å². The number of carbonyl (C=O) groups is 5. The lowest BCUT2D eigenvalue weighted by Crippen LogP contribution is -2.60. The number of primary amides is 1. The molecule has 1 aliphatic heterocycles. The summed E-state index contributed by atoms with van der Waals surface area (Å²) >= 11 is 0. The summed E-state index contributed by atoms with van der Waals surface area (Å²) in [6, 6.07) is -3.41. The summed E-state index contributed by atoms with van der Waals surface area (Å²) in [7, 11) is 0. The molecule has 2 fully saturated rings. The molecule has 9 heteroatoms. The molecule has 1 saturated carbocycles. The number of amides is 4. The molecule has 0 bridgehead atoms. The fraction of sp³-hybridized carbons (Fsp3) is 0.682. The fourth-order valence-electron chi connectivity index (χ4n) is 4.66. The number of hydrogen-bond acceptors (Lipinski definition) is 5. The van der Waals surface area contributed by atoms with Crippen LogP contribution in [-0.2, 0) is 19.2 Å². The zero-order chi connectivity index (χ0) is 23.0. The molecule has 2 aliphatic rings. The van der Waals surface area contributed by atoms with E-state index in [1.54, 1.807) is 0 Å². The third-order valence-corrected chi connectivity index (χ3v) is 6.42. The van der Waals surface area contributed by atoms with E-state index < -0.39 is 41.3 Å². The minimum absolute atomic E-state index is 0.143. The van der Waals surface area contributed by atoms with Gasteiger partial charge in [-0.05, 0) is 37.5 Å². The van der Waals surface area contributed by atoms with Gasteiger partial charge in [-0.2, -0.15) is 0 Å². The first-order valence-corrected chi connectivity index (χ1v) is 10.8. The van der Waals surface area contributed by atoms with Gasteiger partial charge in [0.1, 0.15) is 12.1 Å². The molecule has 1 saturated heterocycles. The highest BCUT2D eigenvalue weighted by molar-refractivity contribution is 6.28. The van der Waals surface area contributed by atoms with E-state index in [4.69, 9.17) is 12.2 Å². The molecule has 4 amide bonds. The average Bonchev–Trinajstić information content (AvgIpc) is 3.24. The summed E-state index contributed by atoms with van der Waals surface area (Å²) < 4.78 is 0. The van der Waals surface area contributed by atoms with Crippen molar-refractivity contribution in [2.75, 3.05) is 6.54 Å². The van der Waals surface area contributed by atoms with Gasteiger partial charge in [-0.15, -0.1) is 12.3 Å². The molecule has 170 valence electrons. The van der Waals surface area contributed by atoms with Gasteiger partial charge < -0.3 is 21.3 Å². The van der Waals surface area contributed by atoms with E-state index in [9.17, 15) is 24.0 Å². The quantitative estimate of drug-likeness (QED) is 0.279. The van der Waals surface area contributed by atoms with Crippen LogP contribution < -0.4 is 16.4 Å². The molecular formula is C22H32N4O5. The number of likely N-dealkylation sites (tertiary alicyclic amines) is 1. The maximum atomic E-state index is 13.5. The minimum atomic E-state index is -1.02. The van der Waals surface area contributed by atoms with Gasteiger partial charge in [-0.25, -0.2) is 4.79 Å². The first-order chi connectivity index (χ1) is 14.7. The largest absolute Gasteiger partial charge is 0.352 e. The SMILES string of the molecule is C#CCCC(NC(=O)C1CCCN1C(=O)C(NC(N)=O)C1(C)CCCCC1)C(=O)C=O. The molecule has 9 nitrogen and oxygen atoms in total.